The van der Waals surface area contributed by atoms with Gasteiger partial charge in [-0.05, 0) is 47.9 Å². The van der Waals surface area contributed by atoms with Crippen LogP contribution in [0.2, 0.25) is 0 Å². The number of benzene rings is 2. The zero-order valence-electron chi connectivity index (χ0n) is 18.2. The van der Waals surface area contributed by atoms with Crippen LogP contribution < -0.4 is 4.90 Å². The van der Waals surface area contributed by atoms with E-state index in [1.807, 2.05) is 35.2 Å². The summed E-state index contributed by atoms with van der Waals surface area (Å²) in [6.45, 7) is 2.75. The monoisotopic (exact) mass is 486 g/mol. The van der Waals surface area contributed by atoms with Crippen LogP contribution in [0, 0.1) is 0 Å². The highest BCUT2D eigenvalue weighted by Gasteiger charge is 2.30. The van der Waals surface area contributed by atoms with Gasteiger partial charge in [-0.1, -0.05) is 30.3 Å². The fourth-order valence-electron chi connectivity index (χ4n) is 4.42. The van der Waals surface area contributed by atoms with Gasteiger partial charge in [0.2, 0.25) is 20.0 Å². The minimum Gasteiger partial charge on any atom is -0.354 e. The van der Waals surface area contributed by atoms with E-state index in [9.17, 15) is 16.8 Å². The Morgan fingerprint density at radius 2 is 1.24 bits per heavy atom. The van der Waals surface area contributed by atoms with Gasteiger partial charge >= 0.3 is 0 Å². The number of fused-ring (bicyclic) bond motifs is 1. The number of rotatable bonds is 5. The van der Waals surface area contributed by atoms with Crippen LogP contribution in [-0.4, -0.2) is 69.7 Å². The SMILES string of the molecule is O=S(=O)(c1ccc(N2CCN(S(=O)(=O)c3ccc4ccccc4c3)CC2)nc1)N1CCCC1. The van der Waals surface area contributed by atoms with Gasteiger partial charge in [0.05, 0.1) is 4.90 Å². The summed E-state index contributed by atoms with van der Waals surface area (Å²) in [4.78, 5) is 6.85. The first-order valence-corrected chi connectivity index (χ1v) is 13.9. The number of piperazine rings is 1. The molecule has 0 aliphatic carbocycles. The lowest BCUT2D eigenvalue weighted by molar-refractivity contribution is 0.384. The van der Waals surface area contributed by atoms with Crippen molar-refractivity contribution in [3.05, 3.63) is 60.8 Å². The highest BCUT2D eigenvalue weighted by molar-refractivity contribution is 7.89. The molecule has 33 heavy (non-hydrogen) atoms. The van der Waals surface area contributed by atoms with Gasteiger partial charge in [0, 0.05) is 45.5 Å². The van der Waals surface area contributed by atoms with Crippen LogP contribution in [0.4, 0.5) is 5.82 Å². The average Bonchev–Trinajstić information content (AvgIpc) is 3.40. The number of nitrogens with zero attached hydrogens (tertiary/aromatic N) is 4. The van der Waals surface area contributed by atoms with E-state index in [0.717, 1.165) is 23.6 Å². The third-order valence-corrected chi connectivity index (χ3v) is 10.1. The predicted octanol–water partition coefficient (Wildman–Crippen LogP) is 2.53. The Labute approximate surface area is 194 Å². The highest BCUT2D eigenvalue weighted by atomic mass is 32.2. The van der Waals surface area contributed by atoms with E-state index in [1.165, 1.54) is 14.8 Å². The number of aromatic nitrogens is 1. The van der Waals surface area contributed by atoms with Crippen LogP contribution in [0.1, 0.15) is 12.8 Å². The van der Waals surface area contributed by atoms with E-state index >= 15 is 0 Å². The maximum atomic E-state index is 13.2. The van der Waals surface area contributed by atoms with Crippen LogP contribution in [0.25, 0.3) is 10.8 Å². The number of hydrogen-bond acceptors (Lipinski definition) is 6. The minimum atomic E-state index is -3.59. The van der Waals surface area contributed by atoms with Crippen LogP contribution in [0.3, 0.4) is 0 Å². The van der Waals surface area contributed by atoms with Gasteiger partial charge in [0.15, 0.2) is 0 Å². The molecule has 0 amide bonds. The predicted molar refractivity (Wildman–Crippen MR) is 127 cm³/mol. The molecule has 2 aliphatic heterocycles. The molecular formula is C23H26N4O4S2. The van der Waals surface area contributed by atoms with Crippen LogP contribution in [-0.2, 0) is 20.0 Å². The normalized spacial score (nSPS) is 18.7. The zero-order valence-corrected chi connectivity index (χ0v) is 19.8. The molecule has 2 aromatic carbocycles. The molecule has 2 aliphatic rings. The maximum Gasteiger partial charge on any atom is 0.244 e. The Hall–Kier alpha value is -2.53. The molecule has 5 rings (SSSR count). The number of sulfonamides is 2. The van der Waals surface area contributed by atoms with Crippen molar-refractivity contribution in [2.24, 2.45) is 0 Å². The number of hydrogen-bond donors (Lipinski definition) is 0. The topological polar surface area (TPSA) is 90.9 Å². The minimum absolute atomic E-state index is 0.200. The lowest BCUT2D eigenvalue weighted by atomic mass is 10.1. The molecule has 2 saturated heterocycles. The molecule has 0 unspecified atom stereocenters. The fraction of sp³-hybridized carbons (Fsp3) is 0.348. The molecule has 2 fully saturated rings. The Balaban J connectivity index is 1.27. The lowest BCUT2D eigenvalue weighted by Crippen LogP contribution is -2.48. The van der Waals surface area contributed by atoms with Crippen LogP contribution in [0.5, 0.6) is 0 Å². The van der Waals surface area contributed by atoms with E-state index in [2.05, 4.69) is 4.98 Å². The standard InChI is InChI=1S/C23H26N4O4S2/c28-32(29,21-8-7-19-5-1-2-6-20(19)17-21)27-15-13-25(14-16-27)23-10-9-22(18-24-23)33(30,31)26-11-3-4-12-26/h1-2,5-10,17-18H,3-4,11-16H2. The molecule has 0 atom stereocenters. The van der Waals surface area contributed by atoms with Crippen molar-refractivity contribution in [3.63, 3.8) is 0 Å². The largest absolute Gasteiger partial charge is 0.354 e. The smallest absolute Gasteiger partial charge is 0.244 e. The van der Waals surface area contributed by atoms with Gasteiger partial charge in [-0.2, -0.15) is 8.61 Å². The second kappa shape index (κ2) is 8.68. The van der Waals surface area contributed by atoms with E-state index in [1.54, 1.807) is 24.3 Å². The summed E-state index contributed by atoms with van der Waals surface area (Å²) < 4.78 is 54.7. The van der Waals surface area contributed by atoms with Crippen molar-refractivity contribution in [1.82, 2.24) is 13.6 Å². The molecule has 174 valence electrons. The Morgan fingerprint density at radius 1 is 0.636 bits per heavy atom. The Morgan fingerprint density at radius 3 is 1.91 bits per heavy atom. The van der Waals surface area contributed by atoms with Gasteiger partial charge in [-0.25, -0.2) is 21.8 Å². The van der Waals surface area contributed by atoms with Crippen molar-refractivity contribution in [1.29, 1.82) is 0 Å². The van der Waals surface area contributed by atoms with Crippen molar-refractivity contribution in [3.8, 4) is 0 Å². The summed E-state index contributed by atoms with van der Waals surface area (Å²) in [5.74, 6) is 0.651. The number of anilines is 1. The third-order valence-electron chi connectivity index (χ3n) is 6.34. The lowest BCUT2D eigenvalue weighted by Gasteiger charge is -2.34. The summed E-state index contributed by atoms with van der Waals surface area (Å²) in [6, 6.07) is 16.2. The first-order chi connectivity index (χ1) is 15.9. The third kappa shape index (κ3) is 4.23. The molecule has 3 aromatic rings. The van der Waals surface area contributed by atoms with Crippen molar-refractivity contribution in [2.75, 3.05) is 44.2 Å². The van der Waals surface area contributed by atoms with E-state index in [0.29, 0.717) is 50.0 Å². The first kappa shape index (κ1) is 22.3. The summed E-state index contributed by atoms with van der Waals surface area (Å²) in [5.41, 5.74) is 0. The van der Waals surface area contributed by atoms with Gasteiger partial charge in [0.1, 0.15) is 10.7 Å². The van der Waals surface area contributed by atoms with Crippen molar-refractivity contribution < 1.29 is 16.8 Å². The van der Waals surface area contributed by atoms with Crippen molar-refractivity contribution in [2.45, 2.75) is 22.6 Å². The molecule has 0 spiro atoms. The summed E-state index contributed by atoms with van der Waals surface area (Å²) in [5, 5.41) is 1.90. The molecule has 0 bridgehead atoms. The second-order valence-corrected chi connectivity index (χ2v) is 12.2. The molecule has 0 N–H and O–H groups in total. The summed E-state index contributed by atoms with van der Waals surface area (Å²) in [6.07, 6.45) is 3.18. The van der Waals surface area contributed by atoms with Crippen molar-refractivity contribution >= 4 is 36.6 Å². The molecule has 0 saturated carbocycles. The zero-order chi connectivity index (χ0) is 23.1. The molecule has 8 nitrogen and oxygen atoms in total. The van der Waals surface area contributed by atoms with Crippen LogP contribution >= 0.6 is 0 Å². The molecule has 0 radical (unpaired) electrons. The molecule has 10 heteroatoms. The molecule has 3 heterocycles. The van der Waals surface area contributed by atoms with Gasteiger partial charge in [0.25, 0.3) is 0 Å². The summed E-state index contributed by atoms with van der Waals surface area (Å²) in [7, 11) is -7.09. The highest BCUT2D eigenvalue weighted by Crippen LogP contribution is 2.25. The molecular weight excluding hydrogens is 460 g/mol. The van der Waals surface area contributed by atoms with E-state index in [-0.39, 0.29) is 4.90 Å². The van der Waals surface area contributed by atoms with Gasteiger partial charge in [-0.3, -0.25) is 0 Å². The van der Waals surface area contributed by atoms with Gasteiger partial charge in [-0.15, -0.1) is 0 Å². The average molecular weight is 487 g/mol. The molecule has 1 aromatic heterocycles. The second-order valence-electron chi connectivity index (χ2n) is 8.36. The van der Waals surface area contributed by atoms with Crippen LogP contribution in [0.15, 0.2) is 70.6 Å². The maximum absolute atomic E-state index is 13.2. The quantitative estimate of drug-likeness (QED) is 0.551. The Bertz CT molecular complexity index is 1360. The van der Waals surface area contributed by atoms with Gasteiger partial charge < -0.3 is 4.90 Å². The fourth-order valence-corrected chi connectivity index (χ4v) is 7.35. The Kier molecular flexibility index (Phi) is 5.86. The first-order valence-electron chi connectivity index (χ1n) is 11.1. The number of pyridine rings is 1. The van der Waals surface area contributed by atoms with E-state index < -0.39 is 20.0 Å². The summed E-state index contributed by atoms with van der Waals surface area (Å²) >= 11 is 0. The van der Waals surface area contributed by atoms with E-state index in [4.69, 9.17) is 0 Å².